The number of hydrogen-bond donors (Lipinski definition) is 0. The highest BCUT2D eigenvalue weighted by molar-refractivity contribution is 6.31. The van der Waals surface area contributed by atoms with E-state index in [1.165, 1.54) is 0 Å². The van der Waals surface area contributed by atoms with Crippen molar-refractivity contribution in [1.82, 2.24) is 9.47 Å². The van der Waals surface area contributed by atoms with Crippen LogP contribution in [0.25, 0.3) is 0 Å². The van der Waals surface area contributed by atoms with Gasteiger partial charge in [0, 0.05) is 37.3 Å². The molecule has 27 heavy (non-hydrogen) atoms. The number of carbonyl (C=O) groups is 1. The summed E-state index contributed by atoms with van der Waals surface area (Å²) >= 11 is 6.24. The van der Waals surface area contributed by atoms with Gasteiger partial charge in [-0.05, 0) is 29.7 Å². The van der Waals surface area contributed by atoms with Crippen LogP contribution in [-0.4, -0.2) is 41.2 Å². The largest absolute Gasteiger partial charge is 0.374 e. The molecule has 1 saturated heterocycles. The molecule has 1 amide bonds. The van der Waals surface area contributed by atoms with Crippen LogP contribution in [0, 0.1) is 0 Å². The number of pyridine rings is 1. The van der Waals surface area contributed by atoms with Gasteiger partial charge in [0.2, 0.25) is 0 Å². The van der Waals surface area contributed by atoms with E-state index in [0.717, 1.165) is 11.3 Å². The molecular weight excluding hydrogens is 364 g/mol. The van der Waals surface area contributed by atoms with Gasteiger partial charge in [-0.3, -0.25) is 9.59 Å². The third-order valence-corrected chi connectivity index (χ3v) is 5.37. The van der Waals surface area contributed by atoms with Crippen molar-refractivity contribution < 1.29 is 9.53 Å². The molecule has 0 radical (unpaired) electrons. The van der Waals surface area contributed by atoms with Crippen LogP contribution in [-0.2, 0) is 18.2 Å². The van der Waals surface area contributed by atoms with Crippen LogP contribution in [0.2, 0.25) is 5.02 Å². The lowest BCUT2D eigenvalue weighted by Gasteiger charge is -2.33. The second-order valence-corrected chi connectivity index (χ2v) is 7.64. The number of rotatable bonds is 4. The van der Waals surface area contributed by atoms with Gasteiger partial charge < -0.3 is 14.2 Å². The van der Waals surface area contributed by atoms with E-state index in [0.29, 0.717) is 31.1 Å². The molecule has 0 bridgehead atoms. The molecule has 6 heteroatoms. The molecule has 1 fully saturated rings. The van der Waals surface area contributed by atoms with Crippen LogP contribution >= 0.6 is 11.6 Å². The maximum absolute atomic E-state index is 12.9. The van der Waals surface area contributed by atoms with Gasteiger partial charge >= 0.3 is 0 Å². The minimum atomic E-state index is -0.250. The molecule has 1 aliphatic heterocycles. The van der Waals surface area contributed by atoms with E-state index in [9.17, 15) is 9.59 Å². The van der Waals surface area contributed by atoms with E-state index in [1.54, 1.807) is 22.6 Å². The van der Waals surface area contributed by atoms with Gasteiger partial charge in [-0.15, -0.1) is 0 Å². The average molecular weight is 389 g/mol. The maximum Gasteiger partial charge on any atom is 0.263 e. The highest BCUT2D eigenvalue weighted by Gasteiger charge is 2.27. The summed E-state index contributed by atoms with van der Waals surface area (Å²) in [6.45, 7) is 5.42. The highest BCUT2D eigenvalue weighted by Crippen LogP contribution is 2.20. The number of amides is 1. The first-order valence-corrected chi connectivity index (χ1v) is 9.60. The molecule has 144 valence electrons. The fraction of sp³-hybridized carbons (Fsp3) is 0.429. The van der Waals surface area contributed by atoms with Crippen LogP contribution in [0.4, 0.5) is 0 Å². The SMILES string of the molecule is CC(C)c1ccc(C(=O)N2CCO[C@H](Cc3ccccc3Cl)C2)c(=O)n1C. The van der Waals surface area contributed by atoms with Crippen LogP contribution in [0.3, 0.4) is 0 Å². The molecule has 0 N–H and O–H groups in total. The minimum absolute atomic E-state index is 0.138. The summed E-state index contributed by atoms with van der Waals surface area (Å²) in [5.41, 5.74) is 1.87. The van der Waals surface area contributed by atoms with Crippen LogP contribution < -0.4 is 5.56 Å². The Bertz CT molecular complexity index is 891. The van der Waals surface area contributed by atoms with Crippen LogP contribution in [0.1, 0.15) is 41.4 Å². The number of hydrogen-bond acceptors (Lipinski definition) is 3. The fourth-order valence-electron chi connectivity index (χ4n) is 3.50. The molecule has 0 saturated carbocycles. The number of ether oxygens (including phenoxy) is 1. The first-order chi connectivity index (χ1) is 12.9. The standard InChI is InChI=1S/C21H25ClN2O3/c1-14(2)19-9-8-17(20(25)23(19)3)21(26)24-10-11-27-16(13-24)12-15-6-4-5-7-18(15)22/h4-9,14,16H,10-13H2,1-3H3/t16-/m1/s1. The molecule has 0 spiro atoms. The van der Waals surface area contributed by atoms with Gasteiger partial charge in [-0.25, -0.2) is 0 Å². The quantitative estimate of drug-likeness (QED) is 0.807. The lowest BCUT2D eigenvalue weighted by atomic mass is 10.1. The number of halogens is 1. The predicted molar refractivity (Wildman–Crippen MR) is 107 cm³/mol. The van der Waals surface area contributed by atoms with Gasteiger partial charge in [0.1, 0.15) is 5.56 Å². The van der Waals surface area contributed by atoms with Gasteiger partial charge in [0.25, 0.3) is 11.5 Å². The maximum atomic E-state index is 12.9. The third-order valence-electron chi connectivity index (χ3n) is 5.00. The number of aromatic nitrogens is 1. The summed E-state index contributed by atoms with van der Waals surface area (Å²) in [4.78, 5) is 27.3. The van der Waals surface area contributed by atoms with Gasteiger partial charge in [0.05, 0.1) is 12.7 Å². The zero-order chi connectivity index (χ0) is 19.6. The molecule has 2 aromatic rings. The Labute approximate surface area is 164 Å². The lowest BCUT2D eigenvalue weighted by Crippen LogP contribution is -2.48. The summed E-state index contributed by atoms with van der Waals surface area (Å²) < 4.78 is 7.39. The molecule has 0 unspecified atom stereocenters. The highest BCUT2D eigenvalue weighted by atomic mass is 35.5. The Kier molecular flexibility index (Phi) is 6.02. The predicted octanol–water partition coefficient (Wildman–Crippen LogP) is 3.25. The van der Waals surface area contributed by atoms with Gasteiger partial charge in [-0.2, -0.15) is 0 Å². The summed E-state index contributed by atoms with van der Waals surface area (Å²) in [6.07, 6.45) is 0.495. The average Bonchev–Trinajstić information content (AvgIpc) is 2.65. The van der Waals surface area contributed by atoms with Crippen molar-refractivity contribution in [2.75, 3.05) is 19.7 Å². The zero-order valence-corrected chi connectivity index (χ0v) is 16.7. The van der Waals surface area contributed by atoms with Crippen LogP contribution in [0.15, 0.2) is 41.2 Å². The van der Waals surface area contributed by atoms with E-state index in [1.807, 2.05) is 44.2 Å². The Morgan fingerprint density at radius 2 is 2.00 bits per heavy atom. The second-order valence-electron chi connectivity index (χ2n) is 7.23. The molecule has 1 aliphatic rings. The first kappa shape index (κ1) is 19.6. The fourth-order valence-corrected chi connectivity index (χ4v) is 3.71. The van der Waals surface area contributed by atoms with Crippen molar-refractivity contribution in [3.05, 3.63) is 68.6 Å². The Hall–Kier alpha value is -2.11. The topological polar surface area (TPSA) is 51.5 Å². The summed E-state index contributed by atoms with van der Waals surface area (Å²) in [5, 5.41) is 0.697. The van der Waals surface area contributed by atoms with Crippen molar-refractivity contribution in [1.29, 1.82) is 0 Å². The molecule has 5 nitrogen and oxygen atoms in total. The molecule has 1 aromatic heterocycles. The van der Waals surface area contributed by atoms with E-state index in [2.05, 4.69) is 0 Å². The normalized spacial score (nSPS) is 17.4. The first-order valence-electron chi connectivity index (χ1n) is 9.22. The number of carbonyl (C=O) groups excluding carboxylic acids is 1. The molecule has 1 atom stereocenters. The smallest absolute Gasteiger partial charge is 0.263 e. The van der Waals surface area contributed by atoms with E-state index in [-0.39, 0.29) is 29.1 Å². The second kappa shape index (κ2) is 8.28. The summed E-state index contributed by atoms with van der Waals surface area (Å²) in [7, 11) is 1.72. The monoisotopic (exact) mass is 388 g/mol. The minimum Gasteiger partial charge on any atom is -0.374 e. The lowest BCUT2D eigenvalue weighted by molar-refractivity contribution is -0.0208. The zero-order valence-electron chi connectivity index (χ0n) is 15.9. The number of nitrogens with zero attached hydrogens (tertiary/aromatic N) is 2. The van der Waals surface area contributed by atoms with Crippen molar-refractivity contribution in [3.63, 3.8) is 0 Å². The Balaban J connectivity index is 1.76. The number of benzene rings is 1. The molecule has 1 aromatic carbocycles. The Morgan fingerprint density at radius 3 is 2.70 bits per heavy atom. The van der Waals surface area contributed by atoms with Crippen LogP contribution in [0.5, 0.6) is 0 Å². The molecular formula is C21H25ClN2O3. The van der Waals surface area contributed by atoms with Crippen molar-refractivity contribution in [3.8, 4) is 0 Å². The number of morpholine rings is 1. The van der Waals surface area contributed by atoms with E-state index >= 15 is 0 Å². The van der Waals surface area contributed by atoms with Gasteiger partial charge in [0.15, 0.2) is 0 Å². The van der Waals surface area contributed by atoms with E-state index < -0.39 is 0 Å². The molecule has 3 rings (SSSR count). The van der Waals surface area contributed by atoms with Crippen molar-refractivity contribution in [2.24, 2.45) is 7.05 Å². The molecule has 0 aliphatic carbocycles. The summed E-state index contributed by atoms with van der Waals surface area (Å²) in [5.74, 6) is -0.0198. The Morgan fingerprint density at radius 1 is 1.26 bits per heavy atom. The van der Waals surface area contributed by atoms with Gasteiger partial charge in [-0.1, -0.05) is 43.6 Å². The van der Waals surface area contributed by atoms with E-state index in [4.69, 9.17) is 16.3 Å². The molecule has 2 heterocycles. The van der Waals surface area contributed by atoms with Crippen molar-refractivity contribution >= 4 is 17.5 Å². The third kappa shape index (κ3) is 4.25. The summed E-state index contributed by atoms with van der Waals surface area (Å²) in [6, 6.07) is 11.2. The van der Waals surface area contributed by atoms with Crippen molar-refractivity contribution in [2.45, 2.75) is 32.3 Å².